The van der Waals surface area contributed by atoms with Gasteiger partial charge in [0.15, 0.2) is 5.75 Å². The minimum atomic E-state index is 0.454. The van der Waals surface area contributed by atoms with E-state index in [2.05, 4.69) is 5.32 Å². The van der Waals surface area contributed by atoms with Crippen LogP contribution in [0, 0.1) is 0 Å². The van der Waals surface area contributed by atoms with Gasteiger partial charge in [0.05, 0.1) is 10.0 Å². The monoisotopic (exact) mass is 321 g/mol. The summed E-state index contributed by atoms with van der Waals surface area (Å²) in [5, 5.41) is 4.93. The van der Waals surface area contributed by atoms with Crippen LogP contribution in [-0.4, -0.2) is 19.2 Å². The minimum absolute atomic E-state index is 0.454. The van der Waals surface area contributed by atoms with Crippen molar-refractivity contribution >= 4 is 34.8 Å². The summed E-state index contributed by atoms with van der Waals surface area (Å²) in [7, 11) is 0. The lowest BCUT2D eigenvalue weighted by Gasteiger charge is -2.22. The zero-order valence-electron chi connectivity index (χ0n) is 10.7. The number of hydrogen-bond acceptors (Lipinski definition) is 2. The zero-order chi connectivity index (χ0) is 13.7. The van der Waals surface area contributed by atoms with Crippen molar-refractivity contribution in [3.05, 3.63) is 27.2 Å². The first kappa shape index (κ1) is 15.2. The Balaban J connectivity index is 1.76. The Morgan fingerprint density at radius 2 is 1.68 bits per heavy atom. The van der Waals surface area contributed by atoms with E-state index in [9.17, 15) is 0 Å². The Bertz CT molecular complexity index is 396. The van der Waals surface area contributed by atoms with E-state index in [4.69, 9.17) is 39.5 Å². The van der Waals surface area contributed by atoms with Gasteiger partial charge in [-0.1, -0.05) is 54.1 Å². The van der Waals surface area contributed by atoms with E-state index < -0.39 is 0 Å². The second-order valence-corrected chi connectivity index (χ2v) is 6.09. The molecule has 1 aliphatic rings. The number of benzene rings is 1. The summed E-state index contributed by atoms with van der Waals surface area (Å²) in [6.45, 7) is 1.36. The first-order valence-electron chi connectivity index (χ1n) is 6.67. The van der Waals surface area contributed by atoms with Gasteiger partial charge in [-0.2, -0.15) is 0 Å². The molecule has 0 atom stereocenters. The minimum Gasteiger partial charge on any atom is -0.489 e. The Kier molecular flexibility index (Phi) is 6.08. The molecule has 2 nitrogen and oxygen atoms in total. The van der Waals surface area contributed by atoms with E-state index in [0.717, 1.165) is 6.54 Å². The van der Waals surface area contributed by atoms with Crippen LogP contribution < -0.4 is 10.1 Å². The summed E-state index contributed by atoms with van der Waals surface area (Å²) in [4.78, 5) is 0. The van der Waals surface area contributed by atoms with Gasteiger partial charge in [-0.15, -0.1) is 0 Å². The van der Waals surface area contributed by atoms with E-state index in [1.54, 1.807) is 12.1 Å². The summed E-state index contributed by atoms with van der Waals surface area (Å²) in [5.74, 6) is 0.512. The van der Waals surface area contributed by atoms with Crippen LogP contribution in [0.2, 0.25) is 15.1 Å². The van der Waals surface area contributed by atoms with Crippen molar-refractivity contribution in [3.8, 4) is 5.75 Å². The molecule has 0 aromatic heterocycles. The fourth-order valence-corrected chi connectivity index (χ4v) is 3.32. The maximum absolute atomic E-state index is 6.05. The SMILES string of the molecule is Clc1cc(Cl)c(OCCNC2CCCCC2)c(Cl)c1. The Labute approximate surface area is 129 Å². The van der Waals surface area contributed by atoms with Crippen molar-refractivity contribution in [1.29, 1.82) is 0 Å². The van der Waals surface area contributed by atoms with E-state index in [1.165, 1.54) is 32.1 Å². The van der Waals surface area contributed by atoms with Gasteiger partial charge in [0.1, 0.15) is 6.61 Å². The number of halogens is 3. The van der Waals surface area contributed by atoms with Crippen LogP contribution in [0.4, 0.5) is 0 Å². The van der Waals surface area contributed by atoms with Gasteiger partial charge in [-0.25, -0.2) is 0 Å². The summed E-state index contributed by atoms with van der Waals surface area (Å²) in [5.41, 5.74) is 0. The van der Waals surface area contributed by atoms with Crippen LogP contribution in [0.3, 0.4) is 0 Å². The number of ether oxygens (including phenoxy) is 1. The lowest BCUT2D eigenvalue weighted by molar-refractivity contribution is 0.289. The smallest absolute Gasteiger partial charge is 0.156 e. The third kappa shape index (κ3) is 4.71. The Morgan fingerprint density at radius 3 is 2.32 bits per heavy atom. The molecule has 0 spiro atoms. The predicted molar refractivity (Wildman–Crippen MR) is 81.8 cm³/mol. The molecule has 1 saturated carbocycles. The summed E-state index contributed by atoms with van der Waals surface area (Å²) in [6.07, 6.45) is 6.55. The fraction of sp³-hybridized carbons (Fsp3) is 0.571. The molecule has 5 heteroatoms. The molecule has 1 N–H and O–H groups in total. The van der Waals surface area contributed by atoms with Gasteiger partial charge >= 0.3 is 0 Å². The van der Waals surface area contributed by atoms with E-state index in [-0.39, 0.29) is 0 Å². The van der Waals surface area contributed by atoms with Crippen LogP contribution in [0.25, 0.3) is 0 Å². The molecular weight excluding hydrogens is 305 g/mol. The highest BCUT2D eigenvalue weighted by Crippen LogP contribution is 2.35. The van der Waals surface area contributed by atoms with Gasteiger partial charge in [-0.3, -0.25) is 0 Å². The molecule has 0 heterocycles. The number of nitrogens with one attached hydrogen (secondary N) is 1. The molecule has 106 valence electrons. The Hall–Kier alpha value is -0.150. The highest BCUT2D eigenvalue weighted by atomic mass is 35.5. The molecular formula is C14H18Cl3NO. The molecule has 1 aromatic rings. The lowest BCUT2D eigenvalue weighted by atomic mass is 9.96. The van der Waals surface area contributed by atoms with E-state index >= 15 is 0 Å². The normalized spacial score (nSPS) is 16.6. The van der Waals surface area contributed by atoms with Crippen LogP contribution in [0.15, 0.2) is 12.1 Å². The molecule has 1 fully saturated rings. The molecule has 19 heavy (non-hydrogen) atoms. The van der Waals surface area contributed by atoms with Gasteiger partial charge < -0.3 is 10.1 Å². The fourth-order valence-electron chi connectivity index (χ4n) is 2.39. The highest BCUT2D eigenvalue weighted by Gasteiger charge is 2.13. The highest BCUT2D eigenvalue weighted by molar-refractivity contribution is 6.40. The molecule has 0 amide bonds. The van der Waals surface area contributed by atoms with Crippen molar-refractivity contribution < 1.29 is 4.74 Å². The van der Waals surface area contributed by atoms with Gasteiger partial charge in [0.2, 0.25) is 0 Å². The maximum Gasteiger partial charge on any atom is 0.156 e. The summed E-state index contributed by atoms with van der Waals surface area (Å²) in [6, 6.07) is 3.91. The average molecular weight is 323 g/mol. The van der Waals surface area contributed by atoms with Gasteiger partial charge in [0, 0.05) is 17.6 Å². The van der Waals surface area contributed by atoms with Crippen LogP contribution in [0.1, 0.15) is 32.1 Å². The van der Waals surface area contributed by atoms with Crippen molar-refractivity contribution in [2.75, 3.05) is 13.2 Å². The van der Waals surface area contributed by atoms with Crippen molar-refractivity contribution in [2.24, 2.45) is 0 Å². The second kappa shape index (κ2) is 7.58. The Morgan fingerprint density at radius 1 is 1.05 bits per heavy atom. The van der Waals surface area contributed by atoms with Crippen LogP contribution in [-0.2, 0) is 0 Å². The molecule has 1 aromatic carbocycles. The molecule has 0 unspecified atom stereocenters. The molecule has 2 rings (SSSR count). The molecule has 0 bridgehead atoms. The summed E-state index contributed by atoms with van der Waals surface area (Å²) >= 11 is 17.9. The number of hydrogen-bond donors (Lipinski definition) is 1. The lowest BCUT2D eigenvalue weighted by Crippen LogP contribution is -2.34. The topological polar surface area (TPSA) is 21.3 Å². The van der Waals surface area contributed by atoms with Crippen molar-refractivity contribution in [1.82, 2.24) is 5.32 Å². The molecule has 0 saturated heterocycles. The molecule has 0 radical (unpaired) electrons. The van der Waals surface area contributed by atoms with Gasteiger partial charge in [0.25, 0.3) is 0 Å². The third-order valence-corrected chi connectivity index (χ3v) is 4.13. The van der Waals surface area contributed by atoms with Crippen LogP contribution in [0.5, 0.6) is 5.75 Å². The third-order valence-electron chi connectivity index (χ3n) is 3.35. The molecule has 0 aliphatic heterocycles. The van der Waals surface area contributed by atoms with E-state index in [0.29, 0.717) is 33.5 Å². The first-order valence-corrected chi connectivity index (χ1v) is 7.81. The predicted octanol–water partition coefficient (Wildman–Crippen LogP) is 4.95. The second-order valence-electron chi connectivity index (χ2n) is 4.84. The largest absolute Gasteiger partial charge is 0.489 e. The maximum atomic E-state index is 6.05. The van der Waals surface area contributed by atoms with Crippen molar-refractivity contribution in [2.45, 2.75) is 38.1 Å². The molecule has 1 aliphatic carbocycles. The van der Waals surface area contributed by atoms with Gasteiger partial charge in [-0.05, 0) is 25.0 Å². The summed E-state index contributed by atoms with van der Waals surface area (Å²) < 4.78 is 5.63. The number of rotatable bonds is 5. The first-order chi connectivity index (χ1) is 9.16. The van der Waals surface area contributed by atoms with E-state index in [1.807, 2.05) is 0 Å². The zero-order valence-corrected chi connectivity index (χ0v) is 13.0. The average Bonchev–Trinajstić information content (AvgIpc) is 2.38. The van der Waals surface area contributed by atoms with Crippen LogP contribution >= 0.6 is 34.8 Å². The quantitative estimate of drug-likeness (QED) is 0.775. The van der Waals surface area contributed by atoms with Crippen molar-refractivity contribution in [3.63, 3.8) is 0 Å². The standard InChI is InChI=1S/C14H18Cl3NO/c15-10-8-12(16)14(13(17)9-10)19-7-6-18-11-4-2-1-3-5-11/h8-9,11,18H,1-7H2.